The highest BCUT2D eigenvalue weighted by Gasteiger charge is 2.27. The highest BCUT2D eigenvalue weighted by molar-refractivity contribution is 5.95. The van der Waals surface area contributed by atoms with Crippen molar-refractivity contribution in [3.8, 4) is 0 Å². The Bertz CT molecular complexity index is 616. The molecule has 2 atom stereocenters. The quantitative estimate of drug-likeness (QED) is 0.377. The summed E-state index contributed by atoms with van der Waals surface area (Å²) in [6.07, 6.45) is 12.3. The molecule has 136 valence electrons. The Morgan fingerprint density at radius 2 is 1.92 bits per heavy atom. The minimum absolute atomic E-state index is 0.0457. The topological polar surface area (TPSA) is 60.4 Å². The van der Waals surface area contributed by atoms with Crippen LogP contribution < -0.4 is 0 Å². The summed E-state index contributed by atoms with van der Waals surface area (Å²) in [5.74, 6) is -1.17. The van der Waals surface area contributed by atoms with Gasteiger partial charge in [-0.15, -0.1) is 0 Å². The maximum atomic E-state index is 11.8. The summed E-state index contributed by atoms with van der Waals surface area (Å²) in [6, 6.07) is 0. The highest BCUT2D eigenvalue weighted by Crippen LogP contribution is 2.25. The molecule has 0 fully saturated rings. The fourth-order valence-electron chi connectivity index (χ4n) is 2.58. The minimum atomic E-state index is -0.444. The molecule has 0 bridgehead atoms. The summed E-state index contributed by atoms with van der Waals surface area (Å²) in [7, 11) is 0. The van der Waals surface area contributed by atoms with Gasteiger partial charge >= 0.3 is 5.97 Å². The first-order chi connectivity index (χ1) is 11.8. The largest absolute Gasteiger partial charge is 0.458 e. The van der Waals surface area contributed by atoms with Crippen molar-refractivity contribution in [2.75, 3.05) is 6.61 Å². The van der Waals surface area contributed by atoms with Crippen LogP contribution in [0.3, 0.4) is 0 Å². The number of ether oxygens (including phenoxy) is 1. The molecule has 0 heterocycles. The Hall–Kier alpha value is -2.23. The first-order valence-corrected chi connectivity index (χ1v) is 8.65. The van der Waals surface area contributed by atoms with Crippen molar-refractivity contribution in [2.24, 2.45) is 11.8 Å². The predicted molar refractivity (Wildman–Crippen MR) is 98.9 cm³/mol. The van der Waals surface area contributed by atoms with Gasteiger partial charge in [-0.25, -0.2) is 4.79 Å². The van der Waals surface area contributed by atoms with Crippen LogP contribution >= 0.6 is 0 Å². The summed E-state index contributed by atoms with van der Waals surface area (Å²) >= 11 is 0. The maximum absolute atomic E-state index is 11.8. The molecule has 0 radical (unpaired) electrons. The number of allylic oxidation sites excluding steroid dienone is 6. The number of ketones is 2. The molecule has 2 unspecified atom stereocenters. The third-order valence-corrected chi connectivity index (χ3v) is 4.12. The lowest BCUT2D eigenvalue weighted by molar-refractivity contribution is -0.136. The molecule has 1 aliphatic rings. The van der Waals surface area contributed by atoms with Crippen molar-refractivity contribution in [1.29, 1.82) is 0 Å². The van der Waals surface area contributed by atoms with Crippen LogP contribution in [0.4, 0.5) is 0 Å². The van der Waals surface area contributed by atoms with Gasteiger partial charge in [0.15, 0.2) is 5.78 Å². The normalized spacial score (nSPS) is 20.6. The van der Waals surface area contributed by atoms with Gasteiger partial charge in [0, 0.05) is 24.3 Å². The molecule has 0 saturated carbocycles. The van der Waals surface area contributed by atoms with Crippen LogP contribution in [0, 0.1) is 11.8 Å². The monoisotopic (exact) mass is 344 g/mol. The van der Waals surface area contributed by atoms with Crippen molar-refractivity contribution >= 4 is 17.5 Å². The third-order valence-electron chi connectivity index (χ3n) is 4.12. The van der Waals surface area contributed by atoms with Gasteiger partial charge in [0.2, 0.25) is 0 Å². The average Bonchev–Trinajstić information content (AvgIpc) is 2.53. The zero-order chi connectivity index (χ0) is 18.8. The van der Waals surface area contributed by atoms with Crippen molar-refractivity contribution in [3.05, 3.63) is 47.6 Å². The van der Waals surface area contributed by atoms with E-state index in [1.165, 1.54) is 30.2 Å². The predicted octanol–water partition coefficient (Wildman–Crippen LogP) is 4.13. The molecule has 4 heteroatoms. The summed E-state index contributed by atoms with van der Waals surface area (Å²) in [5, 5.41) is 0. The van der Waals surface area contributed by atoms with Gasteiger partial charge in [-0.2, -0.15) is 0 Å². The minimum Gasteiger partial charge on any atom is -0.458 e. The van der Waals surface area contributed by atoms with Crippen LogP contribution in [0.2, 0.25) is 0 Å². The van der Waals surface area contributed by atoms with Crippen LogP contribution in [-0.2, 0) is 19.1 Å². The molecule has 0 amide bonds. The second-order valence-electron chi connectivity index (χ2n) is 6.68. The standard InChI is InChI=1S/C21H28O4/c1-15(2)6-5-7-16(3)12-13-25-21(24)11-9-18-8-10-19(23)14-20(18)17(4)22/h6,8-12,18,20H,5,7,13-14H2,1-4H3. The lowest BCUT2D eigenvalue weighted by Gasteiger charge is -2.21. The number of carbonyl (C=O) groups excluding carboxylic acids is 3. The van der Waals surface area contributed by atoms with E-state index in [9.17, 15) is 14.4 Å². The molecule has 0 aromatic heterocycles. The third kappa shape index (κ3) is 8.43. The second-order valence-corrected chi connectivity index (χ2v) is 6.68. The SMILES string of the molecule is CC(=O)C1CC(=O)C=CC1C=CC(=O)OCC=C(C)CCC=C(C)C. The highest BCUT2D eigenvalue weighted by atomic mass is 16.5. The van der Waals surface area contributed by atoms with Gasteiger partial charge in [-0.1, -0.05) is 29.4 Å². The molecular formula is C21H28O4. The van der Waals surface area contributed by atoms with E-state index in [0.29, 0.717) is 0 Å². The molecule has 0 N–H and O–H groups in total. The molecule has 0 aromatic carbocycles. The molecule has 0 aliphatic heterocycles. The van der Waals surface area contributed by atoms with E-state index in [1.807, 2.05) is 13.0 Å². The van der Waals surface area contributed by atoms with Crippen molar-refractivity contribution in [1.82, 2.24) is 0 Å². The summed E-state index contributed by atoms with van der Waals surface area (Å²) in [6.45, 7) is 7.87. The Kier molecular flexibility index (Phi) is 8.82. The first kappa shape index (κ1) is 20.8. The molecule has 0 spiro atoms. The number of esters is 1. The van der Waals surface area contributed by atoms with Crippen LogP contribution in [0.25, 0.3) is 0 Å². The van der Waals surface area contributed by atoms with E-state index in [-0.39, 0.29) is 30.5 Å². The molecule has 0 aromatic rings. The molecular weight excluding hydrogens is 316 g/mol. The van der Waals surface area contributed by atoms with E-state index in [2.05, 4.69) is 19.9 Å². The van der Waals surface area contributed by atoms with E-state index >= 15 is 0 Å². The van der Waals surface area contributed by atoms with Gasteiger partial charge in [0.05, 0.1) is 0 Å². The summed E-state index contributed by atoms with van der Waals surface area (Å²) in [4.78, 5) is 34.8. The fourth-order valence-corrected chi connectivity index (χ4v) is 2.58. The van der Waals surface area contributed by atoms with Gasteiger partial charge in [0.1, 0.15) is 12.4 Å². The number of hydrogen-bond acceptors (Lipinski definition) is 4. The summed E-state index contributed by atoms with van der Waals surface area (Å²) < 4.78 is 5.15. The lowest BCUT2D eigenvalue weighted by Crippen LogP contribution is -2.25. The molecule has 4 nitrogen and oxygen atoms in total. The second kappa shape index (κ2) is 10.6. The van der Waals surface area contributed by atoms with E-state index in [4.69, 9.17) is 4.74 Å². The zero-order valence-corrected chi connectivity index (χ0v) is 15.6. The van der Waals surface area contributed by atoms with Crippen LogP contribution in [0.1, 0.15) is 47.0 Å². The van der Waals surface area contributed by atoms with Crippen LogP contribution in [0.15, 0.2) is 47.6 Å². The Balaban J connectivity index is 2.46. The van der Waals surface area contributed by atoms with Gasteiger partial charge in [0.25, 0.3) is 0 Å². The average molecular weight is 344 g/mol. The van der Waals surface area contributed by atoms with Crippen LogP contribution in [0.5, 0.6) is 0 Å². The van der Waals surface area contributed by atoms with Crippen molar-refractivity contribution in [2.45, 2.75) is 47.0 Å². The fraction of sp³-hybridized carbons (Fsp3) is 0.476. The van der Waals surface area contributed by atoms with E-state index in [0.717, 1.165) is 12.8 Å². The Morgan fingerprint density at radius 1 is 1.20 bits per heavy atom. The van der Waals surface area contributed by atoms with E-state index in [1.54, 1.807) is 12.2 Å². The molecule has 1 aliphatic carbocycles. The van der Waals surface area contributed by atoms with Gasteiger partial charge < -0.3 is 4.74 Å². The molecule has 1 rings (SSSR count). The number of hydrogen-bond donors (Lipinski definition) is 0. The number of carbonyl (C=O) groups is 3. The molecule has 0 saturated heterocycles. The zero-order valence-electron chi connectivity index (χ0n) is 15.6. The lowest BCUT2D eigenvalue weighted by atomic mass is 9.81. The molecule has 25 heavy (non-hydrogen) atoms. The maximum Gasteiger partial charge on any atom is 0.330 e. The number of rotatable bonds is 8. The van der Waals surface area contributed by atoms with Crippen molar-refractivity contribution < 1.29 is 19.1 Å². The Labute approximate surface area is 150 Å². The Morgan fingerprint density at radius 3 is 2.56 bits per heavy atom. The number of Topliss-reactive ketones (excluding diaryl/α,β-unsaturated/α-hetero) is 1. The van der Waals surface area contributed by atoms with Crippen LogP contribution in [-0.4, -0.2) is 24.1 Å². The smallest absolute Gasteiger partial charge is 0.330 e. The van der Waals surface area contributed by atoms with E-state index < -0.39 is 11.9 Å². The van der Waals surface area contributed by atoms with Gasteiger partial charge in [-0.05, 0) is 52.7 Å². The first-order valence-electron chi connectivity index (χ1n) is 8.65. The summed E-state index contributed by atoms with van der Waals surface area (Å²) in [5.41, 5.74) is 2.48. The van der Waals surface area contributed by atoms with Gasteiger partial charge in [-0.3, -0.25) is 9.59 Å². The van der Waals surface area contributed by atoms with Crippen molar-refractivity contribution in [3.63, 3.8) is 0 Å².